The zero-order valence-electron chi connectivity index (χ0n) is 14.3. The molecule has 0 unspecified atom stereocenters. The Balaban J connectivity index is 0.00000420. The van der Waals surface area contributed by atoms with Crippen LogP contribution in [0, 0.1) is 0 Å². The van der Waals surface area contributed by atoms with Crippen molar-refractivity contribution in [3.05, 3.63) is 35.4 Å². The summed E-state index contributed by atoms with van der Waals surface area (Å²) < 4.78 is 73.9. The average molecular weight is 458 g/mol. The Hall–Kier alpha value is -1.87. The number of ether oxygens (including phenoxy) is 2. The topological polar surface area (TPSA) is 185 Å². The summed E-state index contributed by atoms with van der Waals surface area (Å²) in [6.07, 6.45) is 0. The van der Waals surface area contributed by atoms with Gasteiger partial charge in [-0.15, -0.1) is 0 Å². The second kappa shape index (κ2) is 8.87. The van der Waals surface area contributed by atoms with Gasteiger partial charge >= 0.3 is 29.6 Å². The molecule has 0 atom stereocenters. The van der Waals surface area contributed by atoms with Crippen molar-refractivity contribution in [2.75, 3.05) is 14.2 Å². The van der Waals surface area contributed by atoms with Crippen LogP contribution in [0.2, 0.25) is 0 Å². The van der Waals surface area contributed by atoms with E-state index < -0.39 is 64.2 Å². The van der Waals surface area contributed by atoms with Crippen molar-refractivity contribution in [3.8, 4) is 23.0 Å². The zero-order valence-corrected chi connectivity index (χ0v) is 15.9. The Bertz CT molecular complexity index is 1170. The predicted octanol–water partition coefficient (Wildman–Crippen LogP) is 0.191. The van der Waals surface area contributed by atoms with Gasteiger partial charge in [-0.1, -0.05) is 0 Å². The Labute approximate surface area is 187 Å². The van der Waals surface area contributed by atoms with E-state index in [0.717, 1.165) is 32.4 Å². The molecule has 0 fully saturated rings. The molecule has 0 amide bonds. The molecule has 29 heavy (non-hydrogen) atoms. The number of hydrogen-bond donors (Lipinski definition) is 4. The number of rotatable bonds is 6. The number of phenolic OH excluding ortho intramolecular Hbond substituents is 2. The van der Waals surface area contributed by atoms with Crippen LogP contribution in [0.3, 0.4) is 0 Å². The molecule has 2 aromatic carbocycles. The monoisotopic (exact) mass is 458 g/mol. The molecular formula is C15H15NaO11S2. The summed E-state index contributed by atoms with van der Waals surface area (Å²) >= 11 is 0. The summed E-state index contributed by atoms with van der Waals surface area (Å²) in [6, 6.07) is 3.39. The fourth-order valence-electron chi connectivity index (χ4n) is 2.35. The number of carbonyl (C=O) groups excluding carboxylic acids is 1. The van der Waals surface area contributed by atoms with Crippen LogP contribution in [0.25, 0.3) is 0 Å². The third-order valence-corrected chi connectivity index (χ3v) is 5.36. The van der Waals surface area contributed by atoms with Crippen molar-refractivity contribution < 1.29 is 50.4 Å². The van der Waals surface area contributed by atoms with E-state index in [9.17, 15) is 40.9 Å². The number of methoxy groups -OCH3 is 2. The Kier molecular flexibility index (Phi) is 7.70. The molecule has 0 aliphatic heterocycles. The molecule has 0 aromatic heterocycles. The molecule has 0 bridgehead atoms. The second-order valence-electron chi connectivity index (χ2n) is 5.30. The predicted molar refractivity (Wildman–Crippen MR) is 99.5 cm³/mol. The Morgan fingerprint density at radius 3 is 1.86 bits per heavy atom. The van der Waals surface area contributed by atoms with Gasteiger partial charge in [0, 0.05) is 5.56 Å². The van der Waals surface area contributed by atoms with Gasteiger partial charge in [-0.2, -0.15) is 16.8 Å². The van der Waals surface area contributed by atoms with Crippen molar-refractivity contribution in [2.45, 2.75) is 9.79 Å². The normalized spacial score (nSPS) is 11.4. The second-order valence-corrected chi connectivity index (χ2v) is 8.08. The van der Waals surface area contributed by atoms with Crippen LogP contribution in [0.15, 0.2) is 34.1 Å². The molecule has 14 heteroatoms. The molecule has 0 saturated carbocycles. The first kappa shape index (κ1) is 25.2. The molecule has 0 spiro atoms. The van der Waals surface area contributed by atoms with Crippen LogP contribution in [-0.4, -0.2) is 85.7 Å². The van der Waals surface area contributed by atoms with Crippen molar-refractivity contribution in [2.24, 2.45) is 0 Å². The number of phenols is 2. The fourth-order valence-corrected chi connectivity index (χ4v) is 3.72. The van der Waals surface area contributed by atoms with E-state index in [0.29, 0.717) is 6.07 Å². The van der Waals surface area contributed by atoms with Gasteiger partial charge in [0.15, 0.2) is 17.3 Å². The molecule has 154 valence electrons. The Morgan fingerprint density at radius 2 is 1.41 bits per heavy atom. The standard InChI is InChI=1S/C15H14O11S2.Na.H/c1-25-9-4-3-7(5-10(9)27(19,20)21)12(16)8-6-11(28(22,23)24)15(26-2)14(18)13(8)17;;/h3-6,17-18H,1-2H3,(H,19,20,21)(H,22,23,24);;. The minimum atomic E-state index is -4.97. The van der Waals surface area contributed by atoms with Crippen molar-refractivity contribution in [1.82, 2.24) is 0 Å². The van der Waals surface area contributed by atoms with Crippen molar-refractivity contribution in [1.29, 1.82) is 0 Å². The molecule has 0 radical (unpaired) electrons. The van der Waals surface area contributed by atoms with Crippen molar-refractivity contribution in [3.63, 3.8) is 0 Å². The van der Waals surface area contributed by atoms with Crippen LogP contribution in [0.4, 0.5) is 0 Å². The fraction of sp³-hybridized carbons (Fsp3) is 0.133. The van der Waals surface area contributed by atoms with Gasteiger partial charge < -0.3 is 19.7 Å². The van der Waals surface area contributed by atoms with Gasteiger partial charge in [0.05, 0.1) is 19.8 Å². The first-order valence-electron chi connectivity index (χ1n) is 7.13. The van der Waals surface area contributed by atoms with Crippen LogP contribution in [0.1, 0.15) is 15.9 Å². The summed E-state index contributed by atoms with van der Waals surface area (Å²) in [4.78, 5) is 10.9. The summed E-state index contributed by atoms with van der Waals surface area (Å²) in [7, 11) is -7.69. The molecule has 11 nitrogen and oxygen atoms in total. The quantitative estimate of drug-likeness (QED) is 0.200. The van der Waals surface area contributed by atoms with E-state index in [1.165, 1.54) is 0 Å². The first-order valence-corrected chi connectivity index (χ1v) is 10.0. The number of benzene rings is 2. The van der Waals surface area contributed by atoms with Gasteiger partial charge in [-0.25, -0.2) is 0 Å². The van der Waals surface area contributed by atoms with Crippen LogP contribution in [-0.2, 0) is 20.2 Å². The van der Waals surface area contributed by atoms with Gasteiger partial charge in [0.2, 0.25) is 5.75 Å². The number of carbonyl (C=O) groups is 1. The summed E-state index contributed by atoms with van der Waals surface area (Å²) in [5, 5.41) is 20.0. The van der Waals surface area contributed by atoms with E-state index in [-0.39, 0.29) is 35.3 Å². The third-order valence-electron chi connectivity index (χ3n) is 3.62. The molecule has 2 rings (SSSR count). The van der Waals surface area contributed by atoms with E-state index in [1.54, 1.807) is 0 Å². The number of ketones is 1. The van der Waals surface area contributed by atoms with Gasteiger partial charge in [0.1, 0.15) is 15.5 Å². The molecule has 0 saturated heterocycles. The van der Waals surface area contributed by atoms with Gasteiger partial charge in [0.25, 0.3) is 20.2 Å². The van der Waals surface area contributed by atoms with E-state index in [4.69, 9.17) is 4.74 Å². The van der Waals surface area contributed by atoms with Crippen LogP contribution >= 0.6 is 0 Å². The molecule has 4 N–H and O–H groups in total. The first-order chi connectivity index (χ1) is 12.8. The van der Waals surface area contributed by atoms with E-state index >= 15 is 0 Å². The molecule has 2 aromatic rings. The van der Waals surface area contributed by atoms with Crippen molar-refractivity contribution >= 4 is 55.6 Å². The summed E-state index contributed by atoms with van der Waals surface area (Å²) in [6.45, 7) is 0. The maximum atomic E-state index is 12.7. The van der Waals surface area contributed by atoms with E-state index in [1.807, 2.05) is 0 Å². The summed E-state index contributed by atoms with van der Waals surface area (Å²) in [5.41, 5.74) is -1.19. The van der Waals surface area contributed by atoms with Gasteiger partial charge in [-0.05, 0) is 24.3 Å². The van der Waals surface area contributed by atoms with Crippen LogP contribution < -0.4 is 9.47 Å². The molecular weight excluding hydrogens is 443 g/mol. The molecule has 0 heterocycles. The SMILES string of the molecule is COc1ccc(C(=O)c2cc(S(=O)(=O)O)c(OC)c(O)c2O)cc1S(=O)(=O)O.[NaH]. The minimum absolute atomic E-state index is 0. The number of aromatic hydroxyl groups is 2. The third kappa shape index (κ3) is 5.01. The number of hydrogen-bond acceptors (Lipinski definition) is 9. The zero-order chi connectivity index (χ0) is 21.4. The average Bonchev–Trinajstić information content (AvgIpc) is 2.60. The van der Waals surface area contributed by atoms with Crippen LogP contribution in [0.5, 0.6) is 23.0 Å². The molecule has 0 aliphatic rings. The van der Waals surface area contributed by atoms with Gasteiger partial charge in [-0.3, -0.25) is 13.9 Å². The maximum absolute atomic E-state index is 12.7. The molecule has 0 aliphatic carbocycles. The Morgan fingerprint density at radius 1 is 0.862 bits per heavy atom. The van der Waals surface area contributed by atoms with E-state index in [2.05, 4.69) is 4.74 Å². The summed E-state index contributed by atoms with van der Waals surface area (Å²) in [5.74, 6) is -4.42.